The van der Waals surface area contributed by atoms with Crippen LogP contribution in [0.5, 0.6) is 5.75 Å². The molecule has 6 heteroatoms. The van der Waals surface area contributed by atoms with Crippen molar-refractivity contribution in [1.82, 2.24) is 0 Å². The molecule has 0 heterocycles. The van der Waals surface area contributed by atoms with Crippen LogP contribution in [-0.2, 0) is 21.3 Å². The van der Waals surface area contributed by atoms with Crippen molar-refractivity contribution in [2.75, 3.05) is 7.11 Å². The molecule has 4 nitrogen and oxygen atoms in total. The molecule has 0 aliphatic carbocycles. The summed E-state index contributed by atoms with van der Waals surface area (Å²) < 4.78 is 43.5. The number of carbonyl (C=O) groups excluding carboxylic acids is 1. The Bertz CT molecular complexity index is 828. The van der Waals surface area contributed by atoms with Crippen molar-refractivity contribution in [3.63, 3.8) is 0 Å². The van der Waals surface area contributed by atoms with Crippen LogP contribution >= 0.6 is 0 Å². The number of sulfone groups is 1. The maximum atomic E-state index is 13.6. The minimum absolute atomic E-state index is 0.120. The largest absolute Gasteiger partial charge is 0.496 e. The van der Waals surface area contributed by atoms with Crippen molar-refractivity contribution < 1.29 is 22.3 Å². The highest BCUT2D eigenvalue weighted by atomic mass is 32.2. The van der Waals surface area contributed by atoms with Crippen LogP contribution in [0.1, 0.15) is 28.4 Å². The summed E-state index contributed by atoms with van der Waals surface area (Å²) in [5, 5.41) is 0. The second-order valence-corrected chi connectivity index (χ2v) is 7.27. The number of methoxy groups -OCH3 is 1. The molecule has 0 fully saturated rings. The fourth-order valence-corrected chi connectivity index (χ4v) is 3.76. The molecule has 0 N–H and O–H groups in total. The maximum Gasteiger partial charge on any atom is 0.159 e. The average Bonchev–Trinajstić information content (AvgIpc) is 2.49. The summed E-state index contributed by atoms with van der Waals surface area (Å²) in [5.74, 6) is -1.08. The molecule has 2 aromatic carbocycles. The molecule has 0 radical (unpaired) electrons. The van der Waals surface area contributed by atoms with Crippen LogP contribution < -0.4 is 4.74 Å². The Morgan fingerprint density at radius 1 is 1.09 bits per heavy atom. The molecule has 0 aromatic heterocycles. The lowest BCUT2D eigenvalue weighted by Crippen LogP contribution is -2.10. The Morgan fingerprint density at radius 2 is 1.74 bits per heavy atom. The Kier molecular flexibility index (Phi) is 5.15. The number of rotatable bonds is 6. The second kappa shape index (κ2) is 6.91. The lowest BCUT2D eigenvalue weighted by molar-refractivity contribution is 0.101. The summed E-state index contributed by atoms with van der Waals surface area (Å²) in [6, 6.07) is 10.4. The molecule has 0 amide bonds. The maximum absolute atomic E-state index is 13.6. The molecule has 0 aliphatic heterocycles. The second-order valence-electron chi connectivity index (χ2n) is 5.21. The van der Waals surface area contributed by atoms with E-state index in [1.54, 1.807) is 18.2 Å². The van der Waals surface area contributed by atoms with Crippen LogP contribution in [-0.4, -0.2) is 21.3 Å². The van der Waals surface area contributed by atoms with Gasteiger partial charge in [0.2, 0.25) is 0 Å². The molecule has 2 rings (SSSR count). The van der Waals surface area contributed by atoms with E-state index in [2.05, 4.69) is 0 Å². The minimum atomic E-state index is -3.62. The smallest absolute Gasteiger partial charge is 0.159 e. The van der Waals surface area contributed by atoms with Gasteiger partial charge in [-0.1, -0.05) is 18.2 Å². The zero-order chi connectivity index (χ0) is 17.0. The van der Waals surface area contributed by atoms with Gasteiger partial charge < -0.3 is 4.74 Å². The first-order valence-corrected chi connectivity index (χ1v) is 8.76. The van der Waals surface area contributed by atoms with E-state index in [1.165, 1.54) is 38.3 Å². The summed E-state index contributed by atoms with van der Waals surface area (Å²) in [5.41, 5.74) is 0.910. The Morgan fingerprint density at radius 3 is 2.35 bits per heavy atom. The van der Waals surface area contributed by atoms with E-state index >= 15 is 0 Å². The van der Waals surface area contributed by atoms with Gasteiger partial charge in [0.15, 0.2) is 15.6 Å². The highest BCUT2D eigenvalue weighted by Crippen LogP contribution is 2.24. The van der Waals surface area contributed by atoms with Crippen LogP contribution in [0.2, 0.25) is 0 Å². The molecular weight excluding hydrogens is 319 g/mol. The zero-order valence-corrected chi connectivity index (χ0v) is 13.7. The molecule has 0 unspecified atom stereocenters. The van der Waals surface area contributed by atoms with Crippen molar-refractivity contribution in [2.24, 2.45) is 0 Å². The third-order valence-corrected chi connectivity index (χ3v) is 4.90. The molecule has 2 aromatic rings. The normalized spacial score (nSPS) is 11.3. The summed E-state index contributed by atoms with van der Waals surface area (Å²) in [6.45, 7) is 1.40. The number of ketones is 1. The summed E-state index contributed by atoms with van der Waals surface area (Å²) >= 11 is 0. The molecule has 0 saturated carbocycles. The molecule has 122 valence electrons. The van der Waals surface area contributed by atoms with Crippen LogP contribution in [0.3, 0.4) is 0 Å². The molecule has 0 bridgehead atoms. The fourth-order valence-electron chi connectivity index (χ4n) is 2.25. The first kappa shape index (κ1) is 17.1. The van der Waals surface area contributed by atoms with Gasteiger partial charge >= 0.3 is 0 Å². The zero-order valence-electron chi connectivity index (χ0n) is 12.9. The number of ether oxygens (including phenoxy) is 1. The SMILES string of the molecule is COc1ccc(C(C)=O)cc1CS(=O)(=O)Cc1ccccc1F. The highest BCUT2D eigenvalue weighted by Gasteiger charge is 2.19. The van der Waals surface area contributed by atoms with E-state index in [9.17, 15) is 17.6 Å². The number of benzene rings is 2. The molecule has 0 aliphatic rings. The van der Waals surface area contributed by atoms with E-state index in [-0.39, 0.29) is 17.1 Å². The Hall–Kier alpha value is -2.21. The molecular formula is C17H17FO4S. The average molecular weight is 336 g/mol. The summed E-state index contributed by atoms with van der Waals surface area (Å²) in [7, 11) is -2.19. The Labute approximate surface area is 134 Å². The lowest BCUT2D eigenvalue weighted by Gasteiger charge is -2.11. The number of carbonyl (C=O) groups is 1. The highest BCUT2D eigenvalue weighted by molar-refractivity contribution is 7.89. The van der Waals surface area contributed by atoms with E-state index in [0.717, 1.165) is 0 Å². The third kappa shape index (κ3) is 4.39. The monoisotopic (exact) mass is 336 g/mol. The van der Waals surface area contributed by atoms with E-state index in [1.807, 2.05) is 0 Å². The van der Waals surface area contributed by atoms with Gasteiger partial charge in [-0.15, -0.1) is 0 Å². The summed E-state index contributed by atoms with van der Waals surface area (Å²) in [6.07, 6.45) is 0. The number of hydrogen-bond donors (Lipinski definition) is 0. The molecule has 23 heavy (non-hydrogen) atoms. The van der Waals surface area contributed by atoms with Gasteiger partial charge in [-0.2, -0.15) is 0 Å². The number of Topliss-reactive ketones (excluding diaryl/α,β-unsaturated/α-hetero) is 1. The van der Waals surface area contributed by atoms with Gasteiger partial charge in [0, 0.05) is 16.7 Å². The van der Waals surface area contributed by atoms with Crippen LogP contribution in [0.4, 0.5) is 4.39 Å². The van der Waals surface area contributed by atoms with Gasteiger partial charge in [0.05, 0.1) is 18.6 Å². The van der Waals surface area contributed by atoms with Crippen molar-refractivity contribution in [2.45, 2.75) is 18.4 Å². The van der Waals surface area contributed by atoms with E-state index < -0.39 is 21.4 Å². The predicted molar refractivity (Wildman–Crippen MR) is 85.7 cm³/mol. The number of halogens is 1. The first-order chi connectivity index (χ1) is 10.8. The molecule has 0 saturated heterocycles. The third-order valence-electron chi connectivity index (χ3n) is 3.40. The lowest BCUT2D eigenvalue weighted by atomic mass is 10.1. The first-order valence-electron chi connectivity index (χ1n) is 6.94. The topological polar surface area (TPSA) is 60.4 Å². The van der Waals surface area contributed by atoms with Crippen molar-refractivity contribution in [3.05, 3.63) is 65.0 Å². The predicted octanol–water partition coefficient (Wildman–Crippen LogP) is 3.15. The van der Waals surface area contributed by atoms with Gasteiger partial charge in [-0.05, 0) is 31.2 Å². The van der Waals surface area contributed by atoms with Crippen LogP contribution in [0.25, 0.3) is 0 Å². The quantitative estimate of drug-likeness (QED) is 0.760. The standard InChI is InChI=1S/C17H17FO4S/c1-12(19)13-7-8-17(22-2)15(9-13)11-23(20,21)10-14-5-3-4-6-16(14)18/h3-9H,10-11H2,1-2H3. The van der Waals surface area contributed by atoms with Crippen molar-refractivity contribution in [3.8, 4) is 5.75 Å². The van der Waals surface area contributed by atoms with Crippen LogP contribution in [0, 0.1) is 5.82 Å². The van der Waals surface area contributed by atoms with Gasteiger partial charge in [-0.3, -0.25) is 4.79 Å². The van der Waals surface area contributed by atoms with Crippen molar-refractivity contribution in [1.29, 1.82) is 0 Å². The van der Waals surface area contributed by atoms with Crippen molar-refractivity contribution >= 4 is 15.6 Å². The fraction of sp³-hybridized carbons (Fsp3) is 0.235. The van der Waals surface area contributed by atoms with Gasteiger partial charge in [-0.25, -0.2) is 12.8 Å². The summed E-state index contributed by atoms with van der Waals surface area (Å²) in [4.78, 5) is 11.5. The number of hydrogen-bond acceptors (Lipinski definition) is 4. The molecule has 0 atom stereocenters. The Balaban J connectivity index is 2.31. The van der Waals surface area contributed by atoms with E-state index in [0.29, 0.717) is 16.9 Å². The van der Waals surface area contributed by atoms with Gasteiger partial charge in [0.1, 0.15) is 11.6 Å². The van der Waals surface area contributed by atoms with Gasteiger partial charge in [0.25, 0.3) is 0 Å². The van der Waals surface area contributed by atoms with E-state index in [4.69, 9.17) is 4.74 Å². The molecule has 0 spiro atoms. The van der Waals surface area contributed by atoms with Crippen LogP contribution in [0.15, 0.2) is 42.5 Å². The minimum Gasteiger partial charge on any atom is -0.496 e.